The van der Waals surface area contributed by atoms with Crippen LogP contribution in [-0.4, -0.2) is 21.0 Å². The van der Waals surface area contributed by atoms with E-state index in [0.717, 1.165) is 11.4 Å². The predicted octanol–water partition coefficient (Wildman–Crippen LogP) is 1.83. The van der Waals surface area contributed by atoms with Crippen molar-refractivity contribution in [1.82, 2.24) is 20.4 Å². The summed E-state index contributed by atoms with van der Waals surface area (Å²) in [6, 6.07) is 1.84. The maximum atomic E-state index is 11.8. The molecule has 0 radical (unpaired) electrons. The first-order valence-corrected chi connectivity index (χ1v) is 6.08. The van der Waals surface area contributed by atoms with Crippen molar-refractivity contribution in [2.45, 2.75) is 33.2 Å². The van der Waals surface area contributed by atoms with Gasteiger partial charge < -0.3 is 9.84 Å². The van der Waals surface area contributed by atoms with Crippen LogP contribution >= 0.6 is 0 Å². The van der Waals surface area contributed by atoms with E-state index >= 15 is 0 Å². The van der Waals surface area contributed by atoms with Crippen LogP contribution in [0.5, 0.6) is 0 Å². The fraction of sp³-hybridized carbons (Fsp3) is 0.385. The molecule has 2 heterocycles. The summed E-state index contributed by atoms with van der Waals surface area (Å²) in [7, 11) is 0. The molecule has 6 nitrogen and oxygen atoms in total. The molecule has 0 unspecified atom stereocenters. The highest BCUT2D eigenvalue weighted by Gasteiger charge is 2.11. The van der Waals surface area contributed by atoms with Crippen LogP contribution in [0.15, 0.2) is 23.0 Å². The van der Waals surface area contributed by atoms with Crippen molar-refractivity contribution in [1.29, 1.82) is 0 Å². The normalized spacial score (nSPS) is 10.7. The Morgan fingerprint density at radius 3 is 2.74 bits per heavy atom. The average Bonchev–Trinajstić information content (AvgIpc) is 2.86. The summed E-state index contributed by atoms with van der Waals surface area (Å²) < 4.78 is 5.13. The van der Waals surface area contributed by atoms with E-state index in [1.165, 1.54) is 6.20 Å². The molecule has 1 amide bonds. The van der Waals surface area contributed by atoms with E-state index in [0.29, 0.717) is 11.7 Å². The lowest BCUT2D eigenvalue weighted by molar-refractivity contribution is 0.0941. The first kappa shape index (κ1) is 13.2. The highest BCUT2D eigenvalue weighted by atomic mass is 16.5. The van der Waals surface area contributed by atoms with Gasteiger partial charge in [0.2, 0.25) is 0 Å². The van der Waals surface area contributed by atoms with E-state index in [2.05, 4.69) is 20.4 Å². The molecule has 0 aliphatic rings. The summed E-state index contributed by atoms with van der Waals surface area (Å²) in [4.78, 5) is 19.8. The monoisotopic (exact) mass is 260 g/mol. The van der Waals surface area contributed by atoms with Crippen molar-refractivity contribution < 1.29 is 9.32 Å². The Morgan fingerprint density at radius 1 is 1.37 bits per heavy atom. The van der Waals surface area contributed by atoms with Gasteiger partial charge in [0.25, 0.3) is 5.91 Å². The molecule has 6 heteroatoms. The van der Waals surface area contributed by atoms with E-state index in [-0.39, 0.29) is 18.1 Å². The van der Waals surface area contributed by atoms with Crippen molar-refractivity contribution in [3.05, 3.63) is 41.3 Å². The maximum Gasteiger partial charge on any atom is 0.271 e. The van der Waals surface area contributed by atoms with E-state index in [9.17, 15) is 4.79 Å². The molecule has 0 saturated heterocycles. The van der Waals surface area contributed by atoms with Gasteiger partial charge in [-0.15, -0.1) is 0 Å². The molecule has 0 atom stereocenters. The largest absolute Gasteiger partial charge is 0.359 e. The molecule has 2 rings (SSSR count). The molecule has 0 aliphatic carbocycles. The van der Waals surface area contributed by atoms with Crippen LogP contribution in [0.4, 0.5) is 0 Å². The van der Waals surface area contributed by atoms with Gasteiger partial charge in [0, 0.05) is 12.3 Å². The minimum absolute atomic E-state index is 0.282. The number of hydrogen-bond donors (Lipinski definition) is 1. The zero-order valence-electron chi connectivity index (χ0n) is 11.2. The number of amides is 1. The fourth-order valence-corrected chi connectivity index (χ4v) is 1.45. The molecular formula is C13H16N4O2. The molecule has 0 fully saturated rings. The SMILES string of the molecule is Cc1cnc(C(=O)NCc2cc(C(C)C)no2)cn1. The number of carbonyl (C=O) groups excluding carboxylic acids is 1. The molecular weight excluding hydrogens is 244 g/mol. The maximum absolute atomic E-state index is 11.8. The van der Waals surface area contributed by atoms with Gasteiger partial charge in [-0.2, -0.15) is 0 Å². The Morgan fingerprint density at radius 2 is 2.16 bits per heavy atom. The summed E-state index contributed by atoms with van der Waals surface area (Å²) in [6.45, 7) is 6.16. The average molecular weight is 260 g/mol. The van der Waals surface area contributed by atoms with Crippen LogP contribution in [0, 0.1) is 6.92 Å². The summed E-state index contributed by atoms with van der Waals surface area (Å²) in [5.74, 6) is 0.642. The number of aromatic nitrogens is 3. The lowest BCUT2D eigenvalue weighted by Gasteiger charge is -2.01. The van der Waals surface area contributed by atoms with Crippen molar-refractivity contribution in [3.63, 3.8) is 0 Å². The topological polar surface area (TPSA) is 80.9 Å². The molecule has 100 valence electrons. The zero-order chi connectivity index (χ0) is 13.8. The second kappa shape index (κ2) is 5.60. The van der Waals surface area contributed by atoms with Crippen LogP contribution in [0.1, 0.15) is 47.4 Å². The molecule has 2 aromatic rings. The smallest absolute Gasteiger partial charge is 0.271 e. The predicted molar refractivity (Wildman–Crippen MR) is 68.5 cm³/mol. The number of nitrogens with zero attached hydrogens (tertiary/aromatic N) is 3. The Hall–Kier alpha value is -2.24. The van der Waals surface area contributed by atoms with Gasteiger partial charge in [-0.25, -0.2) is 4.98 Å². The van der Waals surface area contributed by atoms with Crippen LogP contribution < -0.4 is 5.32 Å². The van der Waals surface area contributed by atoms with Crippen molar-refractivity contribution >= 4 is 5.91 Å². The molecule has 0 spiro atoms. The van der Waals surface area contributed by atoms with E-state index in [4.69, 9.17) is 4.52 Å². The lowest BCUT2D eigenvalue weighted by Crippen LogP contribution is -2.23. The molecule has 2 aromatic heterocycles. The second-order valence-electron chi connectivity index (χ2n) is 4.60. The third-order valence-corrected chi connectivity index (χ3v) is 2.61. The lowest BCUT2D eigenvalue weighted by atomic mass is 10.1. The quantitative estimate of drug-likeness (QED) is 0.907. The van der Waals surface area contributed by atoms with E-state index < -0.39 is 0 Å². The Kier molecular flexibility index (Phi) is 3.89. The fourth-order valence-electron chi connectivity index (χ4n) is 1.45. The highest BCUT2D eigenvalue weighted by Crippen LogP contribution is 2.13. The van der Waals surface area contributed by atoms with Gasteiger partial charge >= 0.3 is 0 Å². The number of aryl methyl sites for hydroxylation is 1. The molecule has 0 aromatic carbocycles. The minimum Gasteiger partial charge on any atom is -0.359 e. The number of nitrogens with one attached hydrogen (secondary N) is 1. The number of rotatable bonds is 4. The molecule has 1 N–H and O–H groups in total. The van der Waals surface area contributed by atoms with Gasteiger partial charge in [0.15, 0.2) is 5.76 Å². The van der Waals surface area contributed by atoms with Crippen LogP contribution in [-0.2, 0) is 6.54 Å². The zero-order valence-corrected chi connectivity index (χ0v) is 11.2. The Balaban J connectivity index is 1.94. The molecule has 0 aliphatic heterocycles. The Labute approximate surface area is 111 Å². The van der Waals surface area contributed by atoms with Crippen molar-refractivity contribution in [3.8, 4) is 0 Å². The highest BCUT2D eigenvalue weighted by molar-refractivity contribution is 5.91. The van der Waals surface area contributed by atoms with Crippen LogP contribution in [0.3, 0.4) is 0 Å². The molecule has 0 saturated carbocycles. The van der Waals surface area contributed by atoms with Crippen molar-refractivity contribution in [2.75, 3.05) is 0 Å². The van der Waals surface area contributed by atoms with Crippen LogP contribution in [0.2, 0.25) is 0 Å². The third-order valence-electron chi connectivity index (χ3n) is 2.61. The van der Waals surface area contributed by atoms with Crippen molar-refractivity contribution in [2.24, 2.45) is 0 Å². The summed E-state index contributed by atoms with van der Waals surface area (Å²) in [6.07, 6.45) is 3.00. The van der Waals surface area contributed by atoms with Gasteiger partial charge in [-0.1, -0.05) is 19.0 Å². The van der Waals surface area contributed by atoms with Gasteiger partial charge in [0.05, 0.1) is 24.1 Å². The first-order valence-electron chi connectivity index (χ1n) is 6.08. The summed E-state index contributed by atoms with van der Waals surface area (Å²) >= 11 is 0. The van der Waals surface area contributed by atoms with Crippen LogP contribution in [0.25, 0.3) is 0 Å². The summed E-state index contributed by atoms with van der Waals surface area (Å²) in [5.41, 5.74) is 1.93. The molecule has 0 bridgehead atoms. The van der Waals surface area contributed by atoms with Gasteiger partial charge in [-0.05, 0) is 12.8 Å². The number of carbonyl (C=O) groups is 1. The Bertz CT molecular complexity index is 560. The standard InChI is InChI=1S/C13H16N4O2/c1-8(2)11-4-10(19-17-11)6-16-13(18)12-7-14-9(3)5-15-12/h4-5,7-8H,6H2,1-3H3,(H,16,18). The summed E-state index contributed by atoms with van der Waals surface area (Å²) in [5, 5.41) is 6.64. The number of hydrogen-bond acceptors (Lipinski definition) is 5. The van der Waals surface area contributed by atoms with Gasteiger partial charge in [-0.3, -0.25) is 9.78 Å². The minimum atomic E-state index is -0.282. The van der Waals surface area contributed by atoms with E-state index in [1.807, 2.05) is 26.8 Å². The molecule has 19 heavy (non-hydrogen) atoms. The van der Waals surface area contributed by atoms with Gasteiger partial charge in [0.1, 0.15) is 5.69 Å². The second-order valence-corrected chi connectivity index (χ2v) is 4.60. The third kappa shape index (κ3) is 3.37. The van der Waals surface area contributed by atoms with E-state index in [1.54, 1.807) is 6.20 Å². The first-order chi connectivity index (χ1) is 9.06.